The van der Waals surface area contributed by atoms with Gasteiger partial charge in [-0.3, -0.25) is 9.67 Å². The lowest BCUT2D eigenvalue weighted by Crippen LogP contribution is -2.44. The molecule has 2 aromatic rings. The maximum Gasteiger partial charge on any atom is 0.319 e. The molecule has 0 saturated carbocycles. The van der Waals surface area contributed by atoms with Crippen LogP contribution in [0.15, 0.2) is 36.9 Å². The van der Waals surface area contributed by atoms with Gasteiger partial charge in [0.15, 0.2) is 0 Å². The summed E-state index contributed by atoms with van der Waals surface area (Å²) in [4.78, 5) is 16.2. The summed E-state index contributed by atoms with van der Waals surface area (Å²) in [6.07, 6.45) is 8.71. The van der Waals surface area contributed by atoms with E-state index in [4.69, 9.17) is 4.74 Å². The highest BCUT2D eigenvalue weighted by Gasteiger charge is 2.29. The van der Waals surface area contributed by atoms with Crippen LogP contribution < -0.4 is 10.6 Å². The standard InChI is InChI=1S/C16H21N5O2/c1-2-21-11-12(9-18-21)15-14(6-4-8-23-15)20-16(22)19-13-5-3-7-17-10-13/h3,5,7,9-11,14-15H,2,4,6,8H2,1H3,(H2,19,20,22)/t14-,15+/m0/s1. The van der Waals surface area contributed by atoms with Crippen molar-refractivity contribution in [1.29, 1.82) is 0 Å². The Morgan fingerprint density at radius 1 is 1.48 bits per heavy atom. The zero-order valence-corrected chi connectivity index (χ0v) is 13.1. The molecule has 0 unspecified atom stereocenters. The van der Waals surface area contributed by atoms with Crippen molar-refractivity contribution >= 4 is 11.7 Å². The van der Waals surface area contributed by atoms with E-state index in [0.29, 0.717) is 12.3 Å². The third-order valence-electron chi connectivity index (χ3n) is 3.86. The molecule has 122 valence electrons. The summed E-state index contributed by atoms with van der Waals surface area (Å²) in [7, 11) is 0. The number of pyridine rings is 1. The Morgan fingerprint density at radius 2 is 2.39 bits per heavy atom. The van der Waals surface area contributed by atoms with E-state index >= 15 is 0 Å². The van der Waals surface area contributed by atoms with Crippen molar-refractivity contribution in [1.82, 2.24) is 20.1 Å². The number of amides is 2. The van der Waals surface area contributed by atoms with Gasteiger partial charge in [0.25, 0.3) is 0 Å². The zero-order valence-electron chi connectivity index (χ0n) is 13.1. The van der Waals surface area contributed by atoms with Gasteiger partial charge in [0.05, 0.1) is 24.1 Å². The number of hydrogen-bond donors (Lipinski definition) is 2. The number of nitrogens with zero attached hydrogens (tertiary/aromatic N) is 3. The van der Waals surface area contributed by atoms with Crippen molar-refractivity contribution in [3.63, 3.8) is 0 Å². The summed E-state index contributed by atoms with van der Waals surface area (Å²) in [5.41, 5.74) is 1.66. The number of aromatic nitrogens is 3. The van der Waals surface area contributed by atoms with Crippen LogP contribution in [0.3, 0.4) is 0 Å². The molecule has 0 bridgehead atoms. The summed E-state index contributed by atoms with van der Waals surface area (Å²) in [5.74, 6) is 0. The molecule has 0 spiro atoms. The highest BCUT2D eigenvalue weighted by molar-refractivity contribution is 5.89. The van der Waals surface area contributed by atoms with E-state index in [1.54, 1.807) is 24.5 Å². The van der Waals surface area contributed by atoms with Crippen LogP contribution in [0.5, 0.6) is 0 Å². The number of rotatable bonds is 4. The van der Waals surface area contributed by atoms with Gasteiger partial charge in [-0.15, -0.1) is 0 Å². The average Bonchev–Trinajstić information content (AvgIpc) is 3.05. The first-order chi connectivity index (χ1) is 11.3. The van der Waals surface area contributed by atoms with Crippen LogP contribution in [-0.4, -0.2) is 33.4 Å². The fourth-order valence-electron chi connectivity index (χ4n) is 2.73. The van der Waals surface area contributed by atoms with Gasteiger partial charge in [0.1, 0.15) is 6.10 Å². The Kier molecular flexibility index (Phi) is 4.87. The molecule has 0 aromatic carbocycles. The van der Waals surface area contributed by atoms with E-state index in [-0.39, 0.29) is 18.2 Å². The molecule has 23 heavy (non-hydrogen) atoms. The van der Waals surface area contributed by atoms with Gasteiger partial charge in [0.2, 0.25) is 0 Å². The van der Waals surface area contributed by atoms with Crippen molar-refractivity contribution in [2.75, 3.05) is 11.9 Å². The number of ether oxygens (including phenoxy) is 1. The second-order valence-corrected chi connectivity index (χ2v) is 5.51. The normalized spacial score (nSPS) is 20.9. The summed E-state index contributed by atoms with van der Waals surface area (Å²) in [6.45, 7) is 3.55. The number of carbonyl (C=O) groups excluding carboxylic acids is 1. The third kappa shape index (κ3) is 3.87. The van der Waals surface area contributed by atoms with Crippen molar-refractivity contribution in [2.45, 2.75) is 38.5 Å². The van der Waals surface area contributed by atoms with Crippen LogP contribution in [-0.2, 0) is 11.3 Å². The van der Waals surface area contributed by atoms with Gasteiger partial charge in [-0.1, -0.05) is 0 Å². The number of carbonyl (C=O) groups is 1. The minimum atomic E-state index is -0.249. The molecular weight excluding hydrogens is 294 g/mol. The predicted octanol–water partition coefficient (Wildman–Crippen LogP) is 2.34. The molecule has 2 N–H and O–H groups in total. The number of urea groups is 1. The first-order valence-electron chi connectivity index (χ1n) is 7.87. The molecule has 7 heteroatoms. The second kappa shape index (κ2) is 7.23. The lowest BCUT2D eigenvalue weighted by molar-refractivity contribution is -0.00701. The average molecular weight is 315 g/mol. The second-order valence-electron chi connectivity index (χ2n) is 5.51. The molecular formula is C16H21N5O2. The molecule has 3 rings (SSSR count). The van der Waals surface area contributed by atoms with Crippen molar-refractivity contribution in [2.24, 2.45) is 0 Å². The maximum absolute atomic E-state index is 12.2. The minimum absolute atomic E-state index is 0.0741. The molecule has 7 nitrogen and oxygen atoms in total. The van der Waals surface area contributed by atoms with Crippen LogP contribution in [0.25, 0.3) is 0 Å². The SMILES string of the molecule is CCn1cc([C@H]2OCCC[C@@H]2NC(=O)Nc2cccnc2)cn1. The molecule has 1 aliphatic heterocycles. The summed E-state index contributed by atoms with van der Waals surface area (Å²) >= 11 is 0. The largest absolute Gasteiger partial charge is 0.371 e. The van der Waals surface area contributed by atoms with Gasteiger partial charge in [-0.05, 0) is 31.9 Å². The Hall–Kier alpha value is -2.41. The molecule has 0 aliphatic carbocycles. The predicted molar refractivity (Wildman–Crippen MR) is 86.0 cm³/mol. The third-order valence-corrected chi connectivity index (χ3v) is 3.86. The van der Waals surface area contributed by atoms with Crippen LogP contribution in [0.1, 0.15) is 31.4 Å². The molecule has 2 atom stereocenters. The summed E-state index contributed by atoms with van der Waals surface area (Å²) in [6, 6.07) is 3.25. The van der Waals surface area contributed by atoms with Gasteiger partial charge >= 0.3 is 6.03 Å². The fraction of sp³-hybridized carbons (Fsp3) is 0.438. The van der Waals surface area contributed by atoms with Crippen molar-refractivity contribution in [3.05, 3.63) is 42.5 Å². The zero-order chi connectivity index (χ0) is 16.1. The van der Waals surface area contributed by atoms with Crippen molar-refractivity contribution in [3.8, 4) is 0 Å². The first kappa shape index (κ1) is 15.5. The van der Waals surface area contributed by atoms with Gasteiger partial charge in [0, 0.05) is 31.1 Å². The molecule has 1 aliphatic rings. The van der Waals surface area contributed by atoms with Gasteiger partial charge in [-0.25, -0.2) is 4.79 Å². The van der Waals surface area contributed by atoms with Crippen LogP contribution in [0, 0.1) is 0 Å². The van der Waals surface area contributed by atoms with Crippen LogP contribution >= 0.6 is 0 Å². The van der Waals surface area contributed by atoms with E-state index < -0.39 is 0 Å². The fourth-order valence-corrected chi connectivity index (χ4v) is 2.73. The van der Waals surface area contributed by atoms with Crippen LogP contribution in [0.2, 0.25) is 0 Å². The smallest absolute Gasteiger partial charge is 0.319 e. The lowest BCUT2D eigenvalue weighted by atomic mass is 9.98. The maximum atomic E-state index is 12.2. The molecule has 1 fully saturated rings. The number of aryl methyl sites for hydroxylation is 1. The van der Waals surface area contributed by atoms with E-state index in [1.807, 2.05) is 24.0 Å². The topological polar surface area (TPSA) is 81.1 Å². The Labute approximate surface area is 135 Å². The Balaban J connectivity index is 1.65. The van der Waals surface area contributed by atoms with E-state index in [9.17, 15) is 4.79 Å². The molecule has 0 radical (unpaired) electrons. The number of anilines is 1. The number of nitrogens with one attached hydrogen (secondary N) is 2. The van der Waals surface area contributed by atoms with Gasteiger partial charge < -0.3 is 15.4 Å². The number of hydrogen-bond acceptors (Lipinski definition) is 4. The highest BCUT2D eigenvalue weighted by Crippen LogP contribution is 2.28. The summed E-state index contributed by atoms with van der Waals surface area (Å²) < 4.78 is 7.74. The monoisotopic (exact) mass is 315 g/mol. The lowest BCUT2D eigenvalue weighted by Gasteiger charge is -2.31. The van der Waals surface area contributed by atoms with E-state index in [1.165, 1.54) is 0 Å². The minimum Gasteiger partial charge on any atom is -0.371 e. The van der Waals surface area contributed by atoms with Crippen molar-refractivity contribution < 1.29 is 9.53 Å². The summed E-state index contributed by atoms with van der Waals surface area (Å²) in [5, 5.41) is 10.1. The van der Waals surface area contributed by atoms with Crippen LogP contribution in [0.4, 0.5) is 10.5 Å². The first-order valence-corrected chi connectivity index (χ1v) is 7.87. The molecule has 1 saturated heterocycles. The molecule has 2 amide bonds. The van der Waals surface area contributed by atoms with E-state index in [0.717, 1.165) is 24.9 Å². The quantitative estimate of drug-likeness (QED) is 0.907. The Bertz CT molecular complexity index is 643. The van der Waals surface area contributed by atoms with E-state index in [2.05, 4.69) is 20.7 Å². The Morgan fingerprint density at radius 3 is 3.13 bits per heavy atom. The highest BCUT2D eigenvalue weighted by atomic mass is 16.5. The molecule has 3 heterocycles. The van der Waals surface area contributed by atoms with Gasteiger partial charge in [-0.2, -0.15) is 5.10 Å². The molecule has 2 aromatic heterocycles.